The molecule has 0 radical (unpaired) electrons. The van der Waals surface area contributed by atoms with Crippen molar-refractivity contribution in [3.05, 3.63) is 23.3 Å². The van der Waals surface area contributed by atoms with E-state index in [2.05, 4.69) is 11.0 Å². The molecule has 7 atom stereocenters. The summed E-state index contributed by atoms with van der Waals surface area (Å²) in [5.41, 5.74) is 2.17. The summed E-state index contributed by atoms with van der Waals surface area (Å²) in [5.74, 6) is 1.92. The molecule has 8 rings (SSSR count). The molecule has 0 amide bonds. The van der Waals surface area contributed by atoms with Crippen LogP contribution >= 0.6 is 0 Å². The van der Waals surface area contributed by atoms with Crippen LogP contribution in [0.3, 0.4) is 0 Å². The van der Waals surface area contributed by atoms with Crippen molar-refractivity contribution in [2.45, 2.75) is 81.1 Å². The number of likely N-dealkylation sites (tertiary alicyclic amines) is 1. The van der Waals surface area contributed by atoms with Gasteiger partial charge in [-0.05, 0) is 76.0 Å². The first kappa shape index (κ1) is 18.3. The van der Waals surface area contributed by atoms with E-state index < -0.39 is 11.7 Å². The minimum absolute atomic E-state index is 0.0655. The fourth-order valence-electron chi connectivity index (χ4n) is 9.02. The molecule has 5 heteroatoms. The summed E-state index contributed by atoms with van der Waals surface area (Å²) in [6.45, 7) is 4.26. The molecule has 2 spiro atoms. The van der Waals surface area contributed by atoms with E-state index in [1.54, 1.807) is 7.11 Å². The van der Waals surface area contributed by atoms with Gasteiger partial charge in [0.1, 0.15) is 11.7 Å². The Kier molecular flexibility index (Phi) is 3.38. The molecule has 7 aliphatic rings. The number of fused-ring (bicyclic) bond motifs is 2. The molecule has 1 saturated heterocycles. The third-order valence-corrected chi connectivity index (χ3v) is 10.3. The zero-order valence-electron chi connectivity index (χ0n) is 18.1. The molecule has 5 nitrogen and oxygen atoms in total. The van der Waals surface area contributed by atoms with Gasteiger partial charge in [0.2, 0.25) is 0 Å². The van der Waals surface area contributed by atoms with Crippen molar-refractivity contribution < 1.29 is 19.7 Å². The number of piperidine rings is 1. The molecule has 30 heavy (non-hydrogen) atoms. The first-order chi connectivity index (χ1) is 14.5. The molecule has 5 aliphatic carbocycles. The van der Waals surface area contributed by atoms with Crippen molar-refractivity contribution in [3.8, 4) is 11.5 Å². The highest BCUT2D eigenvalue weighted by molar-refractivity contribution is 5.63. The third kappa shape index (κ3) is 1.81. The monoisotopic (exact) mass is 411 g/mol. The molecule has 2 N–H and O–H groups in total. The first-order valence-corrected chi connectivity index (χ1v) is 12.0. The van der Waals surface area contributed by atoms with Gasteiger partial charge in [-0.3, -0.25) is 4.90 Å². The largest absolute Gasteiger partial charge is 0.504 e. The average Bonchev–Trinajstić information content (AvgIpc) is 3.48. The van der Waals surface area contributed by atoms with Gasteiger partial charge in [-0.1, -0.05) is 6.07 Å². The number of methoxy groups -OCH3 is 1. The summed E-state index contributed by atoms with van der Waals surface area (Å²) in [5, 5.41) is 21.7. The number of ether oxygens (including phenoxy) is 2. The van der Waals surface area contributed by atoms with Crippen LogP contribution in [0.4, 0.5) is 0 Å². The number of aliphatic hydroxyl groups excluding tert-OH is 1. The van der Waals surface area contributed by atoms with Crippen LogP contribution in [-0.4, -0.2) is 59.2 Å². The zero-order valence-corrected chi connectivity index (χ0v) is 18.1. The minimum Gasteiger partial charge on any atom is -0.504 e. The maximum absolute atomic E-state index is 10.9. The van der Waals surface area contributed by atoms with Crippen molar-refractivity contribution in [1.82, 2.24) is 4.90 Å². The highest BCUT2D eigenvalue weighted by Crippen LogP contribution is 2.76. The second-order valence-corrected chi connectivity index (χ2v) is 11.2. The molecule has 1 unspecified atom stereocenters. The van der Waals surface area contributed by atoms with Crippen LogP contribution in [0, 0.1) is 17.3 Å². The van der Waals surface area contributed by atoms with Crippen molar-refractivity contribution in [3.63, 3.8) is 0 Å². The van der Waals surface area contributed by atoms with E-state index >= 15 is 0 Å². The lowest BCUT2D eigenvalue weighted by atomic mass is 9.34. The number of aromatic hydroxyl groups is 1. The number of phenols is 1. The van der Waals surface area contributed by atoms with Crippen molar-refractivity contribution in [2.24, 2.45) is 17.3 Å². The number of benzene rings is 1. The van der Waals surface area contributed by atoms with Gasteiger partial charge in [-0.2, -0.15) is 0 Å². The second kappa shape index (κ2) is 5.54. The van der Waals surface area contributed by atoms with Crippen LogP contribution in [0.1, 0.15) is 56.6 Å². The van der Waals surface area contributed by atoms with Crippen LogP contribution in [0.2, 0.25) is 0 Å². The molecule has 2 heterocycles. The van der Waals surface area contributed by atoms with E-state index in [9.17, 15) is 10.2 Å². The number of nitrogens with zero attached hydrogens (tertiary/aromatic N) is 1. The highest BCUT2D eigenvalue weighted by atomic mass is 16.6. The van der Waals surface area contributed by atoms with Crippen LogP contribution in [0.5, 0.6) is 11.5 Å². The number of hydrogen-bond acceptors (Lipinski definition) is 5. The number of aliphatic hydroxyl groups is 1. The lowest BCUT2D eigenvalue weighted by Crippen LogP contribution is -2.81. The van der Waals surface area contributed by atoms with Crippen molar-refractivity contribution in [1.29, 1.82) is 0 Å². The van der Waals surface area contributed by atoms with Crippen LogP contribution in [0.25, 0.3) is 0 Å². The molecule has 0 aromatic heterocycles. The smallest absolute Gasteiger partial charge is 0.165 e. The Morgan fingerprint density at radius 2 is 2.10 bits per heavy atom. The summed E-state index contributed by atoms with van der Waals surface area (Å²) in [4.78, 5) is 2.80. The normalized spacial score (nSPS) is 46.4. The number of hydrogen-bond donors (Lipinski definition) is 2. The molecular formula is C25H33NO4. The number of phenolic OH excluding ortho intramolecular Hbond substituents is 1. The summed E-state index contributed by atoms with van der Waals surface area (Å²) < 4.78 is 13.1. The minimum atomic E-state index is -0.487. The van der Waals surface area contributed by atoms with E-state index in [1.165, 1.54) is 30.5 Å². The highest BCUT2D eigenvalue weighted by Gasteiger charge is 2.81. The van der Waals surface area contributed by atoms with Gasteiger partial charge in [0.05, 0.1) is 6.10 Å². The lowest BCUT2D eigenvalue weighted by molar-refractivity contribution is -0.288. The maximum atomic E-state index is 10.9. The van der Waals surface area contributed by atoms with E-state index in [-0.39, 0.29) is 28.6 Å². The molecule has 162 valence electrons. The summed E-state index contributed by atoms with van der Waals surface area (Å²) in [7, 11) is 1.81. The SMILES string of the molecule is CO[C@]12CC[C@@]3(C[C@@H]1C(C)O)[C@H]1Cc4ccc(O)c5c4[C@@]3(CCN1CC1CC1)[C@H]2O5. The zero-order chi connectivity index (χ0) is 20.5. The first-order valence-electron chi connectivity index (χ1n) is 12.0. The van der Waals surface area contributed by atoms with E-state index in [4.69, 9.17) is 9.47 Å². The van der Waals surface area contributed by atoms with Crippen LogP contribution < -0.4 is 4.74 Å². The standard InChI is InChI=1S/C25H33NO4/c1-14(27)17-12-23-7-8-25(17,29-2)22-24(23)9-10-26(13-15-3-4-15)19(23)11-16-5-6-18(28)21(30-22)20(16)24/h5-6,14-15,17,19,22,27-28H,3-4,7-13H2,1-2H3/t14?,17-,19-,22-,23-,24+,25-/m1/s1. The molecule has 5 fully saturated rings. The van der Waals surface area contributed by atoms with Gasteiger partial charge >= 0.3 is 0 Å². The summed E-state index contributed by atoms with van der Waals surface area (Å²) >= 11 is 0. The Bertz CT molecular complexity index is 928. The Labute approximate surface area is 178 Å². The Morgan fingerprint density at radius 3 is 2.83 bits per heavy atom. The topological polar surface area (TPSA) is 62.2 Å². The van der Waals surface area contributed by atoms with Crippen LogP contribution in [0.15, 0.2) is 12.1 Å². The Morgan fingerprint density at radius 1 is 1.27 bits per heavy atom. The Balaban J connectivity index is 1.48. The molecule has 2 aliphatic heterocycles. The fraction of sp³-hybridized carbons (Fsp3) is 0.760. The summed E-state index contributed by atoms with van der Waals surface area (Å²) in [6, 6.07) is 4.47. The van der Waals surface area contributed by atoms with Crippen molar-refractivity contribution >= 4 is 0 Å². The molecule has 1 aromatic carbocycles. The second-order valence-electron chi connectivity index (χ2n) is 11.2. The molecule has 1 aromatic rings. The van der Waals surface area contributed by atoms with E-state index in [1.807, 2.05) is 13.0 Å². The Hall–Kier alpha value is -1.30. The predicted octanol–water partition coefficient (Wildman–Crippen LogP) is 3.00. The maximum Gasteiger partial charge on any atom is 0.165 e. The summed E-state index contributed by atoms with van der Waals surface area (Å²) in [6.07, 6.45) is 7.38. The third-order valence-electron chi connectivity index (χ3n) is 10.3. The van der Waals surface area contributed by atoms with Gasteiger partial charge in [-0.15, -0.1) is 0 Å². The quantitative estimate of drug-likeness (QED) is 0.798. The van der Waals surface area contributed by atoms with Gasteiger partial charge in [0.25, 0.3) is 0 Å². The molecule has 4 saturated carbocycles. The van der Waals surface area contributed by atoms with E-state index in [0.29, 0.717) is 11.8 Å². The van der Waals surface area contributed by atoms with Gasteiger partial charge in [0, 0.05) is 42.0 Å². The van der Waals surface area contributed by atoms with E-state index in [0.717, 1.165) is 44.6 Å². The van der Waals surface area contributed by atoms with Gasteiger partial charge in [-0.25, -0.2) is 0 Å². The van der Waals surface area contributed by atoms with Crippen molar-refractivity contribution in [2.75, 3.05) is 20.2 Å². The fourth-order valence-corrected chi connectivity index (χ4v) is 9.02. The predicted molar refractivity (Wildman–Crippen MR) is 112 cm³/mol. The molecule has 4 bridgehead atoms. The molecular weight excluding hydrogens is 378 g/mol. The van der Waals surface area contributed by atoms with Gasteiger partial charge in [0.15, 0.2) is 11.5 Å². The van der Waals surface area contributed by atoms with Gasteiger partial charge < -0.3 is 19.7 Å². The average molecular weight is 412 g/mol. The number of rotatable bonds is 4. The van der Waals surface area contributed by atoms with Crippen LogP contribution in [-0.2, 0) is 16.6 Å². The lowest BCUT2D eigenvalue weighted by Gasteiger charge is -2.74.